The van der Waals surface area contributed by atoms with Crippen LogP contribution in [0.4, 0.5) is 0 Å². The molecule has 66 valence electrons. The van der Waals surface area contributed by atoms with Gasteiger partial charge in [-0.2, -0.15) is 0 Å². The van der Waals surface area contributed by atoms with E-state index in [1.165, 1.54) is 7.11 Å². The number of methoxy groups -OCH3 is 1. The number of Topliss-reactive ketones (excluding diaryl/α,β-unsaturated/α-hetero) is 1. The van der Waals surface area contributed by atoms with Gasteiger partial charge in [-0.05, 0) is 6.40 Å². The highest BCUT2D eigenvalue weighted by molar-refractivity contribution is 5.97. The van der Waals surface area contributed by atoms with Crippen molar-refractivity contribution in [2.45, 2.75) is 25.8 Å². The zero-order valence-corrected chi connectivity index (χ0v) is 7.18. The van der Waals surface area contributed by atoms with Gasteiger partial charge in [0.15, 0.2) is 5.78 Å². The Hall–Kier alpha value is -0.890. The summed E-state index contributed by atoms with van der Waals surface area (Å²) in [5.41, 5.74) is 0.0485. The van der Waals surface area contributed by atoms with Gasteiger partial charge in [-0.3, -0.25) is 4.79 Å². The molecule has 1 rings (SSSR count). The highest BCUT2D eigenvalue weighted by atomic mass is 16.5. The van der Waals surface area contributed by atoms with Crippen molar-refractivity contribution >= 4 is 5.78 Å². The molecule has 1 aliphatic carbocycles. The molecule has 0 aromatic rings. The van der Waals surface area contributed by atoms with E-state index >= 15 is 0 Å². The molecular weight excluding hydrogens is 152 g/mol. The Kier molecular flexibility index (Phi) is 1.75. The lowest BCUT2D eigenvalue weighted by Crippen LogP contribution is -2.11. The van der Waals surface area contributed by atoms with Crippen molar-refractivity contribution in [2.24, 2.45) is 0 Å². The van der Waals surface area contributed by atoms with Gasteiger partial charge in [-0.1, -0.05) is 25.1 Å². The van der Waals surface area contributed by atoms with Crippen LogP contribution in [0.2, 0.25) is 0 Å². The minimum absolute atomic E-state index is 0.0485. The molecule has 1 aliphatic rings. The lowest BCUT2D eigenvalue weighted by molar-refractivity contribution is -0.115. The first-order valence-electron chi connectivity index (χ1n) is 5.86. The second-order valence-corrected chi connectivity index (χ2v) is 2.34. The van der Waals surface area contributed by atoms with E-state index in [1.807, 2.05) is 0 Å². The Morgan fingerprint density at radius 2 is 2.83 bits per heavy atom. The SMILES string of the molecule is [2H]C1=CC(C(=O)CC)=C([2H])C([2H])C1([2H])OC. The predicted molar refractivity (Wildman–Crippen MR) is 47.9 cm³/mol. The van der Waals surface area contributed by atoms with E-state index in [1.54, 1.807) is 6.92 Å². The standard InChI is InChI=1S/C10H14O2/c1-3-10(11)8-4-6-9(12-2)7-5-8/h4-6,9H,3,7H2,1-2H3/i5D,6D,7D,9D. The van der Waals surface area contributed by atoms with Crippen molar-refractivity contribution in [1.29, 1.82) is 0 Å². The summed E-state index contributed by atoms with van der Waals surface area (Å²) >= 11 is 0. The van der Waals surface area contributed by atoms with Crippen molar-refractivity contribution in [3.63, 3.8) is 0 Å². The number of hydrogen-bond acceptors (Lipinski definition) is 2. The molecule has 0 aromatic carbocycles. The van der Waals surface area contributed by atoms with Gasteiger partial charge < -0.3 is 4.74 Å². The first-order valence-corrected chi connectivity index (χ1v) is 3.78. The summed E-state index contributed by atoms with van der Waals surface area (Å²) in [5.74, 6) is -0.287. The second kappa shape index (κ2) is 4.21. The van der Waals surface area contributed by atoms with Crippen molar-refractivity contribution < 1.29 is 15.0 Å². The van der Waals surface area contributed by atoms with Crippen molar-refractivity contribution in [3.05, 3.63) is 23.8 Å². The molecule has 2 atom stereocenters. The molecule has 0 N–H and O–H groups in total. The minimum Gasteiger partial charge on any atom is -0.377 e. The maximum absolute atomic E-state index is 11.5. The van der Waals surface area contributed by atoms with Crippen LogP contribution in [0, 0.1) is 0 Å². The van der Waals surface area contributed by atoms with Gasteiger partial charge >= 0.3 is 0 Å². The molecule has 12 heavy (non-hydrogen) atoms. The second-order valence-electron chi connectivity index (χ2n) is 2.34. The topological polar surface area (TPSA) is 26.3 Å². The normalized spacial score (nSPS) is 40.8. The number of hydrogen-bond donors (Lipinski definition) is 0. The minimum atomic E-state index is -1.88. The van der Waals surface area contributed by atoms with Gasteiger partial charge in [0.1, 0.15) is 0 Å². The molecule has 0 bridgehead atoms. The molecule has 0 amide bonds. The fraction of sp³-hybridized carbons (Fsp3) is 0.500. The van der Waals surface area contributed by atoms with Gasteiger partial charge in [0.25, 0.3) is 0 Å². The predicted octanol–water partition coefficient (Wildman–Crippen LogP) is 1.87. The summed E-state index contributed by atoms with van der Waals surface area (Å²) in [6.45, 7) is 1.65. The third-order valence-electron chi connectivity index (χ3n) is 1.56. The zero-order valence-electron chi connectivity index (χ0n) is 11.2. The molecule has 2 nitrogen and oxygen atoms in total. The lowest BCUT2D eigenvalue weighted by atomic mass is 10.0. The molecule has 2 heteroatoms. The summed E-state index contributed by atoms with van der Waals surface area (Å²) in [4.78, 5) is 11.5. The van der Waals surface area contributed by atoms with Crippen molar-refractivity contribution in [3.8, 4) is 0 Å². The van der Waals surface area contributed by atoms with Crippen LogP contribution in [0.5, 0.6) is 0 Å². The maximum Gasteiger partial charge on any atom is 0.162 e. The van der Waals surface area contributed by atoms with E-state index in [2.05, 4.69) is 0 Å². The molecule has 0 fully saturated rings. The molecule has 0 spiro atoms. The molecular formula is C10H14O2. The van der Waals surface area contributed by atoms with E-state index in [-0.39, 0.29) is 29.9 Å². The number of ether oxygens (including phenoxy) is 1. The van der Waals surface area contributed by atoms with Crippen molar-refractivity contribution in [2.75, 3.05) is 7.11 Å². The molecule has 0 radical (unpaired) electrons. The van der Waals surface area contributed by atoms with Crippen LogP contribution in [0.25, 0.3) is 0 Å². The summed E-state index contributed by atoms with van der Waals surface area (Å²) in [6, 6.07) is -0.512. The summed E-state index contributed by atoms with van der Waals surface area (Å²) < 4.78 is 35.5. The number of allylic oxidation sites excluding steroid dienone is 2. The molecule has 0 saturated heterocycles. The summed E-state index contributed by atoms with van der Waals surface area (Å²) in [5, 5.41) is 0. The van der Waals surface area contributed by atoms with Gasteiger partial charge in [-0.25, -0.2) is 0 Å². The summed E-state index contributed by atoms with van der Waals surface area (Å²) in [6.07, 6.45) is -1.86. The van der Waals surface area contributed by atoms with Gasteiger partial charge in [0.05, 0.1) is 10.2 Å². The van der Waals surface area contributed by atoms with Gasteiger partial charge in [0, 0.05) is 20.5 Å². The largest absolute Gasteiger partial charge is 0.377 e. The average molecular weight is 170 g/mol. The zero-order chi connectivity index (χ0) is 12.5. The quantitative estimate of drug-likeness (QED) is 0.646. The molecule has 0 heterocycles. The van der Waals surface area contributed by atoms with E-state index in [9.17, 15) is 4.79 Å². The van der Waals surface area contributed by atoms with Crippen LogP contribution in [-0.4, -0.2) is 19.0 Å². The fourth-order valence-corrected chi connectivity index (χ4v) is 0.839. The maximum atomic E-state index is 11.5. The van der Waals surface area contributed by atoms with Crippen LogP contribution in [0.3, 0.4) is 0 Å². The van der Waals surface area contributed by atoms with Crippen LogP contribution < -0.4 is 0 Å². The van der Waals surface area contributed by atoms with E-state index < -0.39 is 12.5 Å². The number of carbonyl (C=O) groups is 1. The van der Waals surface area contributed by atoms with E-state index in [4.69, 9.17) is 10.2 Å². The lowest BCUT2D eigenvalue weighted by Gasteiger charge is -2.13. The smallest absolute Gasteiger partial charge is 0.162 e. The third-order valence-corrected chi connectivity index (χ3v) is 1.56. The number of carbonyl (C=O) groups excluding carboxylic acids is 1. The number of rotatable bonds is 3. The first-order chi connectivity index (χ1) is 7.38. The Morgan fingerprint density at radius 1 is 2.08 bits per heavy atom. The highest BCUT2D eigenvalue weighted by Gasteiger charge is 2.10. The van der Waals surface area contributed by atoms with Crippen molar-refractivity contribution in [1.82, 2.24) is 0 Å². The number of ketones is 1. The van der Waals surface area contributed by atoms with Gasteiger partial charge in [-0.15, -0.1) is 0 Å². The monoisotopic (exact) mass is 170 g/mol. The Labute approximate surface area is 78.5 Å². The van der Waals surface area contributed by atoms with Crippen LogP contribution in [-0.2, 0) is 9.53 Å². The first kappa shape index (κ1) is 4.97. The Bertz CT molecular complexity index is 375. The van der Waals surface area contributed by atoms with E-state index in [0.717, 1.165) is 6.08 Å². The summed E-state index contributed by atoms with van der Waals surface area (Å²) in [7, 11) is 1.22. The Morgan fingerprint density at radius 3 is 3.42 bits per heavy atom. The fourth-order valence-electron chi connectivity index (χ4n) is 0.839. The van der Waals surface area contributed by atoms with E-state index in [0.29, 0.717) is 0 Å². The van der Waals surface area contributed by atoms with Crippen LogP contribution >= 0.6 is 0 Å². The Balaban J connectivity index is 3.24. The molecule has 0 aromatic heterocycles. The molecule has 2 unspecified atom stereocenters. The highest BCUT2D eigenvalue weighted by Crippen LogP contribution is 2.14. The third kappa shape index (κ3) is 2.05. The van der Waals surface area contributed by atoms with Crippen LogP contribution in [0.15, 0.2) is 23.8 Å². The molecule has 0 aliphatic heterocycles. The van der Waals surface area contributed by atoms with Crippen LogP contribution in [0.1, 0.15) is 25.2 Å². The average Bonchev–Trinajstić information content (AvgIpc) is 2.30. The molecule has 0 saturated carbocycles. The van der Waals surface area contributed by atoms with Gasteiger partial charge in [0.2, 0.25) is 0 Å².